The summed E-state index contributed by atoms with van der Waals surface area (Å²) >= 11 is 0. The van der Waals surface area contributed by atoms with Gasteiger partial charge in [-0.25, -0.2) is 4.99 Å². The number of hydrogen-bond acceptors (Lipinski definition) is 4. The predicted molar refractivity (Wildman–Crippen MR) is 108 cm³/mol. The second-order valence-electron chi connectivity index (χ2n) is 6.42. The highest BCUT2D eigenvalue weighted by Crippen LogP contribution is 2.14. The Morgan fingerprint density at radius 2 is 1.96 bits per heavy atom. The standard InChI is InChI=1S/C21H31N3O3/c1-4-22-21(23-12-6-13-25-16-20-7-5-14-26-20)24-15-18-8-10-19(11-9-18)27-17(2)3/h5,7-11,14,17H,4,6,12-13,15-16H2,1-3H3,(H2,22,23,24). The molecule has 6 nitrogen and oxygen atoms in total. The molecule has 2 N–H and O–H groups in total. The summed E-state index contributed by atoms with van der Waals surface area (Å²) < 4.78 is 16.5. The summed E-state index contributed by atoms with van der Waals surface area (Å²) in [6, 6.07) is 11.9. The van der Waals surface area contributed by atoms with Crippen molar-refractivity contribution in [3.8, 4) is 5.75 Å². The third-order valence-corrected chi connectivity index (χ3v) is 3.64. The van der Waals surface area contributed by atoms with E-state index in [0.717, 1.165) is 42.5 Å². The molecular formula is C21H31N3O3. The lowest BCUT2D eigenvalue weighted by Crippen LogP contribution is -2.38. The molecule has 0 saturated heterocycles. The fourth-order valence-electron chi connectivity index (χ4n) is 2.41. The minimum absolute atomic E-state index is 0.182. The predicted octanol–water partition coefficient (Wildman–Crippen LogP) is 3.73. The van der Waals surface area contributed by atoms with Crippen LogP contribution in [0.25, 0.3) is 0 Å². The summed E-state index contributed by atoms with van der Waals surface area (Å²) in [6.45, 7) is 9.52. The zero-order valence-corrected chi connectivity index (χ0v) is 16.5. The smallest absolute Gasteiger partial charge is 0.191 e. The molecule has 27 heavy (non-hydrogen) atoms. The van der Waals surface area contributed by atoms with Crippen LogP contribution in [0.5, 0.6) is 5.75 Å². The molecule has 0 unspecified atom stereocenters. The topological polar surface area (TPSA) is 68.0 Å². The molecule has 0 aliphatic carbocycles. The lowest BCUT2D eigenvalue weighted by Gasteiger charge is -2.12. The summed E-state index contributed by atoms with van der Waals surface area (Å²) in [7, 11) is 0. The molecular weight excluding hydrogens is 342 g/mol. The van der Waals surface area contributed by atoms with Gasteiger partial charge in [0.25, 0.3) is 0 Å². The number of furan rings is 1. The molecule has 1 aromatic carbocycles. The van der Waals surface area contributed by atoms with Crippen LogP contribution in [0.15, 0.2) is 52.1 Å². The molecule has 0 aliphatic heterocycles. The Morgan fingerprint density at radius 1 is 1.15 bits per heavy atom. The summed E-state index contributed by atoms with van der Waals surface area (Å²) in [5, 5.41) is 6.59. The van der Waals surface area contributed by atoms with Crippen molar-refractivity contribution in [2.75, 3.05) is 19.7 Å². The Bertz CT molecular complexity index is 652. The zero-order chi connectivity index (χ0) is 19.3. The van der Waals surface area contributed by atoms with E-state index in [1.807, 2.05) is 50.2 Å². The number of rotatable bonds is 11. The Labute approximate surface area is 162 Å². The highest BCUT2D eigenvalue weighted by molar-refractivity contribution is 5.79. The van der Waals surface area contributed by atoms with Gasteiger partial charge >= 0.3 is 0 Å². The first kappa shape index (κ1) is 20.8. The molecule has 1 aromatic heterocycles. The van der Waals surface area contributed by atoms with Gasteiger partial charge < -0.3 is 24.5 Å². The molecule has 1 heterocycles. The largest absolute Gasteiger partial charge is 0.491 e. The average molecular weight is 373 g/mol. The van der Waals surface area contributed by atoms with Gasteiger partial charge in [0, 0.05) is 19.7 Å². The first-order valence-electron chi connectivity index (χ1n) is 9.55. The normalized spacial score (nSPS) is 11.6. The molecule has 0 radical (unpaired) electrons. The van der Waals surface area contributed by atoms with Crippen LogP contribution in [-0.2, 0) is 17.9 Å². The zero-order valence-electron chi connectivity index (χ0n) is 16.5. The molecule has 0 amide bonds. The van der Waals surface area contributed by atoms with E-state index in [-0.39, 0.29) is 6.10 Å². The highest BCUT2D eigenvalue weighted by Gasteiger charge is 2.00. The van der Waals surface area contributed by atoms with E-state index in [9.17, 15) is 0 Å². The molecule has 2 rings (SSSR count). The van der Waals surface area contributed by atoms with Crippen LogP contribution in [-0.4, -0.2) is 31.8 Å². The van der Waals surface area contributed by atoms with Crippen molar-refractivity contribution in [1.29, 1.82) is 0 Å². The number of nitrogens with zero attached hydrogens (tertiary/aromatic N) is 1. The Morgan fingerprint density at radius 3 is 2.63 bits per heavy atom. The van der Waals surface area contributed by atoms with E-state index in [1.165, 1.54) is 0 Å². The number of benzene rings is 1. The van der Waals surface area contributed by atoms with Gasteiger partial charge in [-0.2, -0.15) is 0 Å². The van der Waals surface area contributed by atoms with Crippen LogP contribution in [0, 0.1) is 0 Å². The maximum Gasteiger partial charge on any atom is 0.191 e. The van der Waals surface area contributed by atoms with Crippen molar-refractivity contribution in [2.45, 2.75) is 46.4 Å². The monoisotopic (exact) mass is 373 g/mol. The maximum atomic E-state index is 5.66. The molecule has 0 saturated carbocycles. The van der Waals surface area contributed by atoms with Crippen molar-refractivity contribution in [3.05, 3.63) is 54.0 Å². The van der Waals surface area contributed by atoms with E-state index < -0.39 is 0 Å². The quantitative estimate of drug-likeness (QED) is 0.357. The second kappa shape index (κ2) is 12.0. The Kier molecular flexibility index (Phi) is 9.27. The minimum Gasteiger partial charge on any atom is -0.491 e. The summed E-state index contributed by atoms with van der Waals surface area (Å²) in [5.74, 6) is 2.55. The van der Waals surface area contributed by atoms with E-state index in [2.05, 4.69) is 22.5 Å². The number of aliphatic imine (C=N–C) groups is 1. The van der Waals surface area contributed by atoms with Crippen LogP contribution in [0.3, 0.4) is 0 Å². The third kappa shape index (κ3) is 8.64. The average Bonchev–Trinajstić information content (AvgIpc) is 3.16. The number of guanidine groups is 1. The highest BCUT2D eigenvalue weighted by atomic mass is 16.5. The van der Waals surface area contributed by atoms with Crippen molar-refractivity contribution in [1.82, 2.24) is 10.6 Å². The summed E-state index contributed by atoms with van der Waals surface area (Å²) in [6.07, 6.45) is 2.73. The maximum absolute atomic E-state index is 5.66. The van der Waals surface area contributed by atoms with Crippen LogP contribution in [0.2, 0.25) is 0 Å². The molecule has 6 heteroatoms. The first-order chi connectivity index (χ1) is 13.2. The van der Waals surface area contributed by atoms with Crippen LogP contribution in [0.1, 0.15) is 38.5 Å². The van der Waals surface area contributed by atoms with E-state index >= 15 is 0 Å². The third-order valence-electron chi connectivity index (χ3n) is 3.64. The summed E-state index contributed by atoms with van der Waals surface area (Å²) in [4.78, 5) is 4.63. The van der Waals surface area contributed by atoms with Gasteiger partial charge in [-0.05, 0) is 57.0 Å². The molecule has 0 bridgehead atoms. The fourth-order valence-corrected chi connectivity index (χ4v) is 2.41. The lowest BCUT2D eigenvalue weighted by molar-refractivity contribution is 0.105. The first-order valence-corrected chi connectivity index (χ1v) is 9.55. The number of hydrogen-bond donors (Lipinski definition) is 2. The Balaban J connectivity index is 1.69. The van der Waals surface area contributed by atoms with Crippen LogP contribution < -0.4 is 15.4 Å². The summed E-state index contributed by atoms with van der Waals surface area (Å²) in [5.41, 5.74) is 1.14. The van der Waals surface area contributed by atoms with Gasteiger partial charge in [-0.3, -0.25) is 0 Å². The van der Waals surface area contributed by atoms with Gasteiger partial charge in [-0.1, -0.05) is 12.1 Å². The van der Waals surface area contributed by atoms with Crippen LogP contribution >= 0.6 is 0 Å². The van der Waals surface area contributed by atoms with Crippen molar-refractivity contribution >= 4 is 5.96 Å². The number of nitrogens with one attached hydrogen (secondary N) is 2. The van der Waals surface area contributed by atoms with Crippen molar-refractivity contribution in [3.63, 3.8) is 0 Å². The van der Waals surface area contributed by atoms with Gasteiger partial charge in [0.15, 0.2) is 5.96 Å². The van der Waals surface area contributed by atoms with E-state index in [0.29, 0.717) is 19.8 Å². The minimum atomic E-state index is 0.182. The molecule has 0 aliphatic rings. The molecule has 0 atom stereocenters. The Hall–Kier alpha value is -2.47. The van der Waals surface area contributed by atoms with Gasteiger partial charge in [0.05, 0.1) is 18.9 Å². The molecule has 2 aromatic rings. The SMILES string of the molecule is CCNC(=NCc1ccc(OC(C)C)cc1)NCCCOCc1ccco1. The van der Waals surface area contributed by atoms with Crippen molar-refractivity contribution < 1.29 is 13.9 Å². The van der Waals surface area contributed by atoms with Gasteiger partial charge in [-0.15, -0.1) is 0 Å². The van der Waals surface area contributed by atoms with E-state index in [4.69, 9.17) is 13.9 Å². The van der Waals surface area contributed by atoms with Gasteiger partial charge in [0.2, 0.25) is 0 Å². The van der Waals surface area contributed by atoms with Crippen LogP contribution in [0.4, 0.5) is 0 Å². The molecule has 0 fully saturated rings. The molecule has 0 spiro atoms. The second-order valence-corrected chi connectivity index (χ2v) is 6.42. The lowest BCUT2D eigenvalue weighted by atomic mass is 10.2. The van der Waals surface area contributed by atoms with Crippen molar-refractivity contribution in [2.24, 2.45) is 4.99 Å². The van der Waals surface area contributed by atoms with Gasteiger partial charge in [0.1, 0.15) is 18.1 Å². The van der Waals surface area contributed by atoms with E-state index in [1.54, 1.807) is 6.26 Å². The number of ether oxygens (including phenoxy) is 2. The fraction of sp³-hybridized carbons (Fsp3) is 0.476. The molecule has 148 valence electrons.